The standard InChI is InChI=1S/C25H26BrN5O4/c26-17-6-7-20-19(14-17)23(33)25(35)31(20)16-30-9-8-27-24(34)21(30)15-22(32)29-12-10-28(11-13-29)18-4-2-1-3-5-18/h1-7,14,21H,8-13,15-16H2,(H,27,34)/t21-/m0/s1. The van der Waals surface area contributed by atoms with Gasteiger partial charge in [0.1, 0.15) is 0 Å². The Labute approximate surface area is 211 Å². The molecule has 0 bridgehead atoms. The number of benzene rings is 2. The number of carbonyl (C=O) groups is 4. The number of Topliss-reactive ketones (excluding diaryl/α,β-unsaturated/α-hetero) is 1. The van der Waals surface area contributed by atoms with Crippen LogP contribution in [0, 0.1) is 0 Å². The summed E-state index contributed by atoms with van der Waals surface area (Å²) >= 11 is 3.34. The minimum Gasteiger partial charge on any atom is -0.368 e. The van der Waals surface area contributed by atoms with Gasteiger partial charge in [-0.3, -0.25) is 29.0 Å². The van der Waals surface area contributed by atoms with E-state index in [1.54, 1.807) is 23.1 Å². The summed E-state index contributed by atoms with van der Waals surface area (Å²) in [5.74, 6) is -1.50. The molecule has 2 aromatic rings. The van der Waals surface area contributed by atoms with Crippen molar-refractivity contribution in [1.29, 1.82) is 0 Å². The number of nitrogens with zero attached hydrogens (tertiary/aromatic N) is 4. The molecule has 2 fully saturated rings. The number of rotatable bonds is 5. The van der Waals surface area contributed by atoms with Crippen LogP contribution in [0.1, 0.15) is 16.8 Å². The molecule has 0 aliphatic carbocycles. The van der Waals surface area contributed by atoms with Crippen molar-refractivity contribution < 1.29 is 19.2 Å². The molecule has 1 atom stereocenters. The van der Waals surface area contributed by atoms with Crippen molar-refractivity contribution in [3.63, 3.8) is 0 Å². The van der Waals surface area contributed by atoms with Crippen LogP contribution in [0.3, 0.4) is 0 Å². The van der Waals surface area contributed by atoms with Crippen molar-refractivity contribution in [2.75, 3.05) is 55.7 Å². The van der Waals surface area contributed by atoms with E-state index in [4.69, 9.17) is 0 Å². The number of piperazine rings is 2. The van der Waals surface area contributed by atoms with Gasteiger partial charge in [0, 0.05) is 49.4 Å². The Morgan fingerprint density at radius 3 is 2.46 bits per heavy atom. The number of amides is 3. The fourth-order valence-corrected chi connectivity index (χ4v) is 5.26. The summed E-state index contributed by atoms with van der Waals surface area (Å²) in [6.45, 7) is 3.61. The number of hydrogen-bond donors (Lipinski definition) is 1. The molecule has 1 N–H and O–H groups in total. The Bertz CT molecular complexity index is 1170. The number of para-hydroxylation sites is 1. The van der Waals surface area contributed by atoms with E-state index in [2.05, 4.69) is 38.3 Å². The lowest BCUT2D eigenvalue weighted by atomic mass is 10.1. The van der Waals surface area contributed by atoms with Gasteiger partial charge in [0.2, 0.25) is 11.8 Å². The van der Waals surface area contributed by atoms with Crippen molar-refractivity contribution in [2.24, 2.45) is 0 Å². The van der Waals surface area contributed by atoms with E-state index in [0.717, 1.165) is 18.8 Å². The molecule has 0 saturated carbocycles. The lowest BCUT2D eigenvalue weighted by molar-refractivity contribution is -0.139. The number of nitrogens with one attached hydrogen (secondary N) is 1. The highest BCUT2D eigenvalue weighted by Gasteiger charge is 2.40. The quantitative estimate of drug-likeness (QED) is 0.578. The first-order chi connectivity index (χ1) is 16.9. The lowest BCUT2D eigenvalue weighted by Gasteiger charge is -2.39. The topological polar surface area (TPSA) is 93.3 Å². The smallest absolute Gasteiger partial charge is 0.300 e. The lowest BCUT2D eigenvalue weighted by Crippen LogP contribution is -2.60. The van der Waals surface area contributed by atoms with E-state index in [1.165, 1.54) is 4.90 Å². The number of hydrogen-bond acceptors (Lipinski definition) is 6. The Balaban J connectivity index is 1.25. The largest absolute Gasteiger partial charge is 0.368 e. The second-order valence-corrected chi connectivity index (χ2v) is 9.81. The molecule has 0 radical (unpaired) electrons. The van der Waals surface area contributed by atoms with Crippen molar-refractivity contribution in [1.82, 2.24) is 15.1 Å². The molecule has 0 unspecified atom stereocenters. The summed E-state index contributed by atoms with van der Waals surface area (Å²) in [5.41, 5.74) is 2.00. The molecule has 2 aromatic carbocycles. The van der Waals surface area contributed by atoms with Crippen molar-refractivity contribution >= 4 is 50.8 Å². The van der Waals surface area contributed by atoms with Gasteiger partial charge in [-0.05, 0) is 30.3 Å². The summed E-state index contributed by atoms with van der Waals surface area (Å²) in [6.07, 6.45) is 0.0281. The van der Waals surface area contributed by atoms with Crippen LogP contribution in [0.4, 0.5) is 11.4 Å². The molecule has 3 aliphatic rings. The molecule has 10 heteroatoms. The minimum atomic E-state index is -0.703. The molecule has 0 aromatic heterocycles. The molecule has 3 aliphatic heterocycles. The molecule has 35 heavy (non-hydrogen) atoms. The third-order valence-corrected chi connectivity index (χ3v) is 7.31. The third-order valence-electron chi connectivity index (χ3n) is 6.82. The predicted molar refractivity (Wildman–Crippen MR) is 134 cm³/mol. The fourth-order valence-electron chi connectivity index (χ4n) is 4.90. The van der Waals surface area contributed by atoms with Crippen LogP contribution in [0.2, 0.25) is 0 Å². The van der Waals surface area contributed by atoms with Crippen LogP contribution in [0.5, 0.6) is 0 Å². The Morgan fingerprint density at radius 1 is 0.971 bits per heavy atom. The second-order valence-electron chi connectivity index (χ2n) is 8.89. The zero-order chi connectivity index (χ0) is 24.5. The average molecular weight is 540 g/mol. The normalized spacial score (nSPS) is 20.8. The first-order valence-corrected chi connectivity index (χ1v) is 12.5. The zero-order valence-electron chi connectivity index (χ0n) is 19.2. The monoisotopic (exact) mass is 539 g/mol. The molecule has 5 rings (SSSR count). The summed E-state index contributed by atoms with van der Waals surface area (Å²) in [5, 5.41) is 2.83. The van der Waals surface area contributed by atoms with Gasteiger partial charge in [-0.2, -0.15) is 0 Å². The summed E-state index contributed by atoms with van der Waals surface area (Å²) in [7, 11) is 0. The number of fused-ring (bicyclic) bond motifs is 1. The van der Waals surface area contributed by atoms with E-state index in [-0.39, 0.29) is 24.9 Å². The summed E-state index contributed by atoms with van der Waals surface area (Å²) in [4.78, 5) is 58.4. The predicted octanol–water partition coefficient (Wildman–Crippen LogP) is 1.48. The van der Waals surface area contributed by atoms with E-state index < -0.39 is 17.7 Å². The van der Waals surface area contributed by atoms with E-state index in [0.29, 0.717) is 41.9 Å². The highest BCUT2D eigenvalue weighted by Crippen LogP contribution is 2.32. The van der Waals surface area contributed by atoms with Crippen LogP contribution in [0.25, 0.3) is 0 Å². The van der Waals surface area contributed by atoms with Crippen LogP contribution >= 0.6 is 15.9 Å². The van der Waals surface area contributed by atoms with Crippen LogP contribution in [-0.2, 0) is 14.4 Å². The maximum Gasteiger partial charge on any atom is 0.300 e. The molecule has 0 spiro atoms. The Morgan fingerprint density at radius 2 is 1.71 bits per heavy atom. The summed E-state index contributed by atoms with van der Waals surface area (Å²) < 4.78 is 0.715. The second kappa shape index (κ2) is 9.79. The number of ketones is 1. The highest BCUT2D eigenvalue weighted by atomic mass is 79.9. The van der Waals surface area contributed by atoms with Gasteiger partial charge < -0.3 is 15.1 Å². The summed E-state index contributed by atoms with van der Waals surface area (Å²) in [6, 6.07) is 14.5. The van der Waals surface area contributed by atoms with Crippen LogP contribution in [0.15, 0.2) is 53.0 Å². The van der Waals surface area contributed by atoms with Gasteiger partial charge in [-0.15, -0.1) is 0 Å². The highest BCUT2D eigenvalue weighted by molar-refractivity contribution is 9.10. The molecule has 2 saturated heterocycles. The van der Waals surface area contributed by atoms with Crippen molar-refractivity contribution in [3.8, 4) is 0 Å². The molecule has 3 heterocycles. The van der Waals surface area contributed by atoms with Crippen molar-refractivity contribution in [2.45, 2.75) is 12.5 Å². The van der Waals surface area contributed by atoms with Crippen LogP contribution < -0.4 is 15.1 Å². The Kier molecular flexibility index (Phi) is 6.57. The first kappa shape index (κ1) is 23.5. The zero-order valence-corrected chi connectivity index (χ0v) is 20.7. The average Bonchev–Trinajstić information content (AvgIpc) is 3.10. The van der Waals surface area contributed by atoms with Gasteiger partial charge in [0.15, 0.2) is 0 Å². The van der Waals surface area contributed by atoms with E-state index in [9.17, 15) is 19.2 Å². The number of halogens is 1. The van der Waals surface area contributed by atoms with Gasteiger partial charge in [0.05, 0.1) is 30.4 Å². The number of carbonyl (C=O) groups excluding carboxylic acids is 4. The number of anilines is 2. The molecule has 182 valence electrons. The maximum atomic E-state index is 13.2. The van der Waals surface area contributed by atoms with Gasteiger partial charge >= 0.3 is 5.91 Å². The van der Waals surface area contributed by atoms with Gasteiger partial charge in [0.25, 0.3) is 5.78 Å². The molecular formula is C25H26BrN5O4. The van der Waals surface area contributed by atoms with E-state index in [1.807, 2.05) is 23.1 Å². The maximum absolute atomic E-state index is 13.2. The molecule has 9 nitrogen and oxygen atoms in total. The SMILES string of the molecule is O=C1C(=O)N(CN2CCNC(=O)[C@@H]2CC(=O)N2CCN(c3ccccc3)CC2)c2ccc(Br)cc21. The first-order valence-electron chi connectivity index (χ1n) is 11.7. The molecular weight excluding hydrogens is 514 g/mol. The van der Waals surface area contributed by atoms with Crippen molar-refractivity contribution in [3.05, 3.63) is 58.6 Å². The van der Waals surface area contributed by atoms with Gasteiger partial charge in [-0.25, -0.2) is 0 Å². The van der Waals surface area contributed by atoms with Crippen LogP contribution in [-0.4, -0.2) is 85.3 Å². The fraction of sp³-hybridized carbons (Fsp3) is 0.360. The molecule has 3 amide bonds. The van der Waals surface area contributed by atoms with E-state index >= 15 is 0 Å². The van der Waals surface area contributed by atoms with Gasteiger partial charge in [-0.1, -0.05) is 34.1 Å². The minimum absolute atomic E-state index is 0.0281. The third kappa shape index (κ3) is 4.68. The Hall–Kier alpha value is -3.24.